The number of thioether (sulfide) groups is 1. The van der Waals surface area contributed by atoms with Gasteiger partial charge in [0.05, 0.1) is 0 Å². The van der Waals surface area contributed by atoms with Crippen molar-refractivity contribution < 1.29 is 0 Å². The smallest absolute Gasteiger partial charge is 0.0207 e. The Balaban J connectivity index is 1.70. The van der Waals surface area contributed by atoms with E-state index < -0.39 is 0 Å². The highest BCUT2D eigenvalue weighted by Gasteiger charge is 2.26. The van der Waals surface area contributed by atoms with E-state index >= 15 is 0 Å². The molecule has 0 aromatic heterocycles. The zero-order valence-corrected chi connectivity index (χ0v) is 9.20. The lowest BCUT2D eigenvalue weighted by molar-refractivity contribution is 0.450. The molecule has 2 fully saturated rings. The van der Waals surface area contributed by atoms with E-state index in [0.29, 0.717) is 0 Å². The lowest BCUT2D eigenvalue weighted by atomic mass is 10.2. The molecule has 3 unspecified atom stereocenters. The van der Waals surface area contributed by atoms with Crippen LogP contribution < -0.4 is 10.6 Å². The van der Waals surface area contributed by atoms with Gasteiger partial charge in [-0.1, -0.05) is 0 Å². The molecule has 0 aromatic carbocycles. The molecule has 13 heavy (non-hydrogen) atoms. The first-order chi connectivity index (χ1) is 6.38. The van der Waals surface area contributed by atoms with E-state index in [1.54, 1.807) is 0 Å². The molecule has 76 valence electrons. The SMILES string of the molecule is CSC1CCC(NC2CCNC2)C1. The van der Waals surface area contributed by atoms with Crippen LogP contribution in [0, 0.1) is 0 Å². The maximum absolute atomic E-state index is 3.77. The van der Waals surface area contributed by atoms with Crippen LogP contribution in [-0.4, -0.2) is 36.7 Å². The fourth-order valence-electron chi connectivity index (χ4n) is 2.44. The summed E-state index contributed by atoms with van der Waals surface area (Å²) in [5.41, 5.74) is 0. The van der Waals surface area contributed by atoms with E-state index in [1.165, 1.54) is 38.8 Å². The van der Waals surface area contributed by atoms with Gasteiger partial charge in [0.25, 0.3) is 0 Å². The van der Waals surface area contributed by atoms with Crippen LogP contribution in [0.15, 0.2) is 0 Å². The predicted octanol–water partition coefficient (Wildman–Crippen LogP) is 1.22. The second-order valence-corrected chi connectivity index (χ2v) is 5.36. The normalized spacial score (nSPS) is 39.9. The van der Waals surface area contributed by atoms with Crippen LogP contribution in [-0.2, 0) is 0 Å². The van der Waals surface area contributed by atoms with Crippen molar-refractivity contribution in [1.29, 1.82) is 0 Å². The number of nitrogens with one attached hydrogen (secondary N) is 2. The van der Waals surface area contributed by atoms with Crippen LogP contribution in [0.2, 0.25) is 0 Å². The third-order valence-corrected chi connectivity index (χ3v) is 4.34. The van der Waals surface area contributed by atoms with E-state index in [0.717, 1.165) is 17.3 Å². The molecule has 0 radical (unpaired) electrons. The molecule has 0 spiro atoms. The Hall–Kier alpha value is 0.270. The van der Waals surface area contributed by atoms with Crippen molar-refractivity contribution in [2.45, 2.75) is 43.0 Å². The second kappa shape index (κ2) is 4.67. The highest BCUT2D eigenvalue weighted by molar-refractivity contribution is 7.99. The van der Waals surface area contributed by atoms with E-state index in [-0.39, 0.29) is 0 Å². The van der Waals surface area contributed by atoms with Crippen molar-refractivity contribution in [3.63, 3.8) is 0 Å². The largest absolute Gasteiger partial charge is 0.315 e. The first-order valence-electron chi connectivity index (χ1n) is 5.38. The maximum Gasteiger partial charge on any atom is 0.0207 e. The van der Waals surface area contributed by atoms with Crippen LogP contribution in [0.5, 0.6) is 0 Å². The Morgan fingerprint density at radius 1 is 1.23 bits per heavy atom. The van der Waals surface area contributed by atoms with Crippen LogP contribution in [0.25, 0.3) is 0 Å². The van der Waals surface area contributed by atoms with E-state index in [1.807, 2.05) is 11.8 Å². The highest BCUT2D eigenvalue weighted by atomic mass is 32.2. The third-order valence-electron chi connectivity index (χ3n) is 3.25. The second-order valence-electron chi connectivity index (χ2n) is 4.22. The summed E-state index contributed by atoms with van der Waals surface area (Å²) in [5, 5.41) is 8.09. The molecule has 0 aromatic rings. The molecule has 2 rings (SSSR count). The molecule has 0 bridgehead atoms. The fourth-order valence-corrected chi connectivity index (χ4v) is 3.23. The molecule has 3 heteroatoms. The van der Waals surface area contributed by atoms with Crippen LogP contribution in [0.4, 0.5) is 0 Å². The van der Waals surface area contributed by atoms with Crippen LogP contribution >= 0.6 is 11.8 Å². The van der Waals surface area contributed by atoms with Crippen LogP contribution in [0.3, 0.4) is 0 Å². The predicted molar refractivity (Wildman–Crippen MR) is 59.4 cm³/mol. The van der Waals surface area contributed by atoms with Gasteiger partial charge in [0, 0.05) is 23.9 Å². The lowest BCUT2D eigenvalue weighted by Crippen LogP contribution is -2.38. The maximum atomic E-state index is 3.77. The summed E-state index contributed by atoms with van der Waals surface area (Å²) >= 11 is 2.04. The molecule has 2 nitrogen and oxygen atoms in total. The van der Waals surface area contributed by atoms with Crippen molar-refractivity contribution in [3.8, 4) is 0 Å². The van der Waals surface area contributed by atoms with Crippen molar-refractivity contribution in [2.75, 3.05) is 19.3 Å². The van der Waals surface area contributed by atoms with E-state index in [9.17, 15) is 0 Å². The topological polar surface area (TPSA) is 24.1 Å². The molecular weight excluding hydrogens is 180 g/mol. The first kappa shape index (κ1) is 9.81. The Bertz CT molecular complexity index is 157. The summed E-state index contributed by atoms with van der Waals surface area (Å²) in [6, 6.07) is 1.56. The Morgan fingerprint density at radius 3 is 2.77 bits per heavy atom. The van der Waals surface area contributed by atoms with Crippen molar-refractivity contribution in [2.24, 2.45) is 0 Å². The van der Waals surface area contributed by atoms with Gasteiger partial charge >= 0.3 is 0 Å². The van der Waals surface area contributed by atoms with Crippen molar-refractivity contribution in [1.82, 2.24) is 10.6 Å². The molecule has 2 N–H and O–H groups in total. The average Bonchev–Trinajstić information content (AvgIpc) is 2.76. The highest BCUT2D eigenvalue weighted by Crippen LogP contribution is 2.28. The molecule has 0 amide bonds. The molecule has 1 heterocycles. The Morgan fingerprint density at radius 2 is 2.15 bits per heavy atom. The number of rotatable bonds is 3. The summed E-state index contributed by atoms with van der Waals surface area (Å²) < 4.78 is 0. The van der Waals surface area contributed by atoms with Gasteiger partial charge in [0.2, 0.25) is 0 Å². The minimum absolute atomic E-state index is 0.755. The van der Waals surface area contributed by atoms with Gasteiger partial charge in [-0.2, -0.15) is 11.8 Å². The van der Waals surface area contributed by atoms with Gasteiger partial charge in [-0.05, 0) is 38.5 Å². The van der Waals surface area contributed by atoms with Crippen molar-refractivity contribution in [3.05, 3.63) is 0 Å². The first-order valence-corrected chi connectivity index (χ1v) is 6.67. The van der Waals surface area contributed by atoms with Gasteiger partial charge in [0.15, 0.2) is 0 Å². The average molecular weight is 200 g/mol. The standard InChI is InChI=1S/C10H20N2S/c1-13-10-3-2-8(6-10)12-9-4-5-11-7-9/h8-12H,2-7H2,1H3. The van der Waals surface area contributed by atoms with Gasteiger partial charge in [-0.15, -0.1) is 0 Å². The summed E-state index contributed by atoms with van der Waals surface area (Å²) in [6.07, 6.45) is 7.75. The van der Waals surface area contributed by atoms with Crippen molar-refractivity contribution >= 4 is 11.8 Å². The third kappa shape index (κ3) is 2.61. The minimum atomic E-state index is 0.755. The van der Waals surface area contributed by atoms with E-state index in [4.69, 9.17) is 0 Å². The zero-order chi connectivity index (χ0) is 9.10. The molecule has 1 aliphatic heterocycles. The van der Waals surface area contributed by atoms with Gasteiger partial charge in [-0.25, -0.2) is 0 Å². The minimum Gasteiger partial charge on any atom is -0.315 e. The Labute approximate surface area is 85.2 Å². The molecule has 1 saturated carbocycles. The Kier molecular flexibility index (Phi) is 3.52. The molecular formula is C10H20N2S. The molecule has 2 aliphatic rings. The summed E-state index contributed by atoms with van der Waals surface area (Å²) in [5.74, 6) is 0. The molecule has 3 atom stereocenters. The lowest BCUT2D eigenvalue weighted by Gasteiger charge is -2.17. The van der Waals surface area contributed by atoms with Gasteiger partial charge in [0.1, 0.15) is 0 Å². The quantitative estimate of drug-likeness (QED) is 0.716. The summed E-state index contributed by atoms with van der Waals surface area (Å²) in [4.78, 5) is 0. The van der Waals surface area contributed by atoms with E-state index in [2.05, 4.69) is 16.9 Å². The number of hydrogen-bond acceptors (Lipinski definition) is 3. The van der Waals surface area contributed by atoms with Gasteiger partial charge < -0.3 is 10.6 Å². The monoisotopic (exact) mass is 200 g/mol. The number of hydrogen-bond donors (Lipinski definition) is 2. The molecule has 1 aliphatic carbocycles. The summed E-state index contributed by atoms with van der Waals surface area (Å²) in [7, 11) is 0. The molecule has 1 saturated heterocycles. The zero-order valence-electron chi connectivity index (χ0n) is 8.38. The van der Waals surface area contributed by atoms with Gasteiger partial charge in [-0.3, -0.25) is 0 Å². The summed E-state index contributed by atoms with van der Waals surface area (Å²) in [6.45, 7) is 2.39. The van der Waals surface area contributed by atoms with Crippen LogP contribution in [0.1, 0.15) is 25.7 Å². The fraction of sp³-hybridized carbons (Fsp3) is 1.00.